The predicted octanol–water partition coefficient (Wildman–Crippen LogP) is 4.62. The third kappa shape index (κ3) is 4.12. The molecule has 6 heteroatoms. The molecule has 0 radical (unpaired) electrons. The summed E-state index contributed by atoms with van der Waals surface area (Å²) in [6.45, 7) is 0. The topological polar surface area (TPSA) is 54.9 Å². The first-order chi connectivity index (χ1) is 11.2. The van der Waals surface area contributed by atoms with Crippen LogP contribution in [0.25, 0.3) is 17.5 Å². The van der Waals surface area contributed by atoms with Crippen LogP contribution in [0.3, 0.4) is 0 Å². The third-order valence-corrected chi connectivity index (χ3v) is 4.46. The number of nitrogens with zero attached hydrogens (tertiary/aromatic N) is 2. The fraction of sp³-hybridized carbons (Fsp3) is 0. The fourth-order valence-electron chi connectivity index (χ4n) is 1.89. The molecule has 0 spiro atoms. The molecule has 1 aromatic carbocycles. The van der Waals surface area contributed by atoms with Crippen molar-refractivity contribution in [2.75, 3.05) is 5.32 Å². The standard InChI is InChI=1S/C17H12BrN3OS/c18-13-6-2-1-5-12(13)8-9-16(22)21-17-20-15(11-23-17)14-7-3-4-10-19-14/h1-11H,(H,20,21,22). The molecule has 0 aliphatic carbocycles. The lowest BCUT2D eigenvalue weighted by Crippen LogP contribution is -2.07. The van der Waals surface area contributed by atoms with Crippen molar-refractivity contribution in [3.8, 4) is 11.4 Å². The van der Waals surface area contributed by atoms with Crippen molar-refractivity contribution < 1.29 is 4.79 Å². The van der Waals surface area contributed by atoms with Crippen LogP contribution < -0.4 is 5.32 Å². The average Bonchev–Trinajstić information content (AvgIpc) is 3.03. The summed E-state index contributed by atoms with van der Waals surface area (Å²) in [7, 11) is 0. The highest BCUT2D eigenvalue weighted by molar-refractivity contribution is 9.10. The van der Waals surface area contributed by atoms with Crippen LogP contribution in [-0.4, -0.2) is 15.9 Å². The SMILES string of the molecule is O=C(C=Cc1ccccc1Br)Nc1nc(-c2ccccn2)cs1. The third-order valence-electron chi connectivity index (χ3n) is 2.98. The molecule has 0 unspecified atom stereocenters. The normalized spacial score (nSPS) is 10.8. The van der Waals surface area contributed by atoms with E-state index in [0.29, 0.717) is 5.13 Å². The van der Waals surface area contributed by atoms with Gasteiger partial charge >= 0.3 is 0 Å². The Morgan fingerprint density at radius 1 is 1.13 bits per heavy atom. The first kappa shape index (κ1) is 15.6. The van der Waals surface area contributed by atoms with E-state index in [1.54, 1.807) is 12.3 Å². The molecule has 0 bridgehead atoms. The van der Waals surface area contributed by atoms with E-state index in [0.717, 1.165) is 21.4 Å². The van der Waals surface area contributed by atoms with E-state index in [1.165, 1.54) is 17.4 Å². The molecule has 0 atom stereocenters. The molecule has 2 heterocycles. The number of benzene rings is 1. The van der Waals surface area contributed by atoms with Gasteiger partial charge < -0.3 is 0 Å². The monoisotopic (exact) mass is 385 g/mol. The van der Waals surface area contributed by atoms with Crippen molar-refractivity contribution in [3.63, 3.8) is 0 Å². The summed E-state index contributed by atoms with van der Waals surface area (Å²) >= 11 is 4.81. The van der Waals surface area contributed by atoms with Gasteiger partial charge in [0.15, 0.2) is 5.13 Å². The van der Waals surface area contributed by atoms with Gasteiger partial charge in [-0.05, 0) is 29.8 Å². The number of amides is 1. The molecular weight excluding hydrogens is 374 g/mol. The van der Waals surface area contributed by atoms with Gasteiger partial charge in [0.2, 0.25) is 5.91 Å². The first-order valence-corrected chi connectivity index (χ1v) is 8.50. The largest absolute Gasteiger partial charge is 0.298 e. The molecule has 114 valence electrons. The van der Waals surface area contributed by atoms with Gasteiger partial charge in [-0.1, -0.05) is 40.2 Å². The number of pyridine rings is 1. The lowest BCUT2D eigenvalue weighted by Gasteiger charge is -1.98. The van der Waals surface area contributed by atoms with Crippen molar-refractivity contribution in [2.24, 2.45) is 0 Å². The second kappa shape index (κ2) is 7.30. The van der Waals surface area contributed by atoms with Gasteiger partial charge in [0, 0.05) is 22.1 Å². The van der Waals surface area contributed by atoms with Crippen LogP contribution in [0.5, 0.6) is 0 Å². The summed E-state index contributed by atoms with van der Waals surface area (Å²) in [6.07, 6.45) is 4.96. The molecular formula is C17H12BrN3OS. The van der Waals surface area contributed by atoms with Crippen LogP contribution in [0.1, 0.15) is 5.56 Å². The van der Waals surface area contributed by atoms with E-state index >= 15 is 0 Å². The number of carbonyl (C=O) groups is 1. The van der Waals surface area contributed by atoms with E-state index in [4.69, 9.17) is 0 Å². The van der Waals surface area contributed by atoms with Gasteiger partial charge in [0.05, 0.1) is 5.69 Å². The molecule has 0 aliphatic heterocycles. The highest BCUT2D eigenvalue weighted by Gasteiger charge is 2.07. The number of hydrogen-bond donors (Lipinski definition) is 1. The van der Waals surface area contributed by atoms with Crippen molar-refractivity contribution in [1.29, 1.82) is 0 Å². The molecule has 3 rings (SSSR count). The minimum atomic E-state index is -0.220. The highest BCUT2D eigenvalue weighted by Crippen LogP contribution is 2.23. The van der Waals surface area contributed by atoms with Crippen molar-refractivity contribution >= 4 is 44.4 Å². The summed E-state index contributed by atoms with van der Waals surface area (Å²) in [5.41, 5.74) is 2.48. The Kier molecular flexibility index (Phi) is 4.95. The van der Waals surface area contributed by atoms with Crippen LogP contribution in [0.2, 0.25) is 0 Å². The van der Waals surface area contributed by atoms with Crippen molar-refractivity contribution in [2.45, 2.75) is 0 Å². The summed E-state index contributed by atoms with van der Waals surface area (Å²) < 4.78 is 0.940. The summed E-state index contributed by atoms with van der Waals surface area (Å²) in [4.78, 5) is 20.6. The van der Waals surface area contributed by atoms with Crippen molar-refractivity contribution in [3.05, 3.63) is 70.2 Å². The maximum atomic E-state index is 12.0. The Labute approximate surface area is 146 Å². The van der Waals surface area contributed by atoms with Crippen LogP contribution in [0.15, 0.2) is 64.6 Å². The zero-order valence-electron chi connectivity index (χ0n) is 11.9. The van der Waals surface area contributed by atoms with E-state index in [-0.39, 0.29) is 5.91 Å². The summed E-state index contributed by atoms with van der Waals surface area (Å²) in [5, 5.41) is 5.18. The molecule has 0 aliphatic rings. The molecule has 0 fully saturated rings. The van der Waals surface area contributed by atoms with Crippen molar-refractivity contribution in [1.82, 2.24) is 9.97 Å². The number of carbonyl (C=O) groups excluding carboxylic acids is 1. The van der Waals surface area contributed by atoms with Gasteiger partial charge in [0.25, 0.3) is 0 Å². The highest BCUT2D eigenvalue weighted by atomic mass is 79.9. The van der Waals surface area contributed by atoms with Gasteiger partial charge in [-0.25, -0.2) is 4.98 Å². The van der Waals surface area contributed by atoms with E-state index < -0.39 is 0 Å². The van der Waals surface area contributed by atoms with Gasteiger partial charge in [0.1, 0.15) is 5.69 Å². The minimum absolute atomic E-state index is 0.220. The molecule has 1 N–H and O–H groups in total. The van der Waals surface area contributed by atoms with E-state index in [1.807, 2.05) is 47.8 Å². The number of thiazole rings is 1. The molecule has 0 saturated carbocycles. The van der Waals surface area contributed by atoms with Crippen LogP contribution >= 0.6 is 27.3 Å². The molecule has 23 heavy (non-hydrogen) atoms. The van der Waals surface area contributed by atoms with E-state index in [2.05, 4.69) is 31.2 Å². The van der Waals surface area contributed by atoms with Gasteiger partial charge in [-0.2, -0.15) is 0 Å². The predicted molar refractivity (Wildman–Crippen MR) is 97.2 cm³/mol. The number of halogens is 1. The maximum absolute atomic E-state index is 12.0. The maximum Gasteiger partial charge on any atom is 0.250 e. The second-order valence-electron chi connectivity index (χ2n) is 4.60. The zero-order valence-corrected chi connectivity index (χ0v) is 14.3. The van der Waals surface area contributed by atoms with Crippen LogP contribution in [-0.2, 0) is 4.79 Å². The molecule has 3 aromatic rings. The summed E-state index contributed by atoms with van der Waals surface area (Å²) in [6, 6.07) is 13.3. The number of aromatic nitrogens is 2. The summed E-state index contributed by atoms with van der Waals surface area (Å²) in [5.74, 6) is -0.220. The first-order valence-electron chi connectivity index (χ1n) is 6.83. The van der Waals surface area contributed by atoms with E-state index in [9.17, 15) is 4.79 Å². The smallest absolute Gasteiger partial charge is 0.250 e. The molecule has 4 nitrogen and oxygen atoms in total. The Morgan fingerprint density at radius 3 is 2.74 bits per heavy atom. The Hall–Kier alpha value is -2.31. The quantitative estimate of drug-likeness (QED) is 0.666. The van der Waals surface area contributed by atoms with Crippen LogP contribution in [0, 0.1) is 0 Å². The average molecular weight is 386 g/mol. The molecule has 0 saturated heterocycles. The minimum Gasteiger partial charge on any atom is -0.298 e. The zero-order chi connectivity index (χ0) is 16.1. The van der Waals surface area contributed by atoms with Gasteiger partial charge in [-0.15, -0.1) is 11.3 Å². The molecule has 2 aromatic heterocycles. The Balaban J connectivity index is 1.67. The number of nitrogens with one attached hydrogen (secondary N) is 1. The lowest BCUT2D eigenvalue weighted by molar-refractivity contribution is -0.111. The number of rotatable bonds is 4. The molecule has 1 amide bonds. The fourth-order valence-corrected chi connectivity index (χ4v) is 3.01. The lowest BCUT2D eigenvalue weighted by atomic mass is 10.2. The Bertz CT molecular complexity index is 846. The number of hydrogen-bond acceptors (Lipinski definition) is 4. The Morgan fingerprint density at radius 2 is 1.96 bits per heavy atom. The number of anilines is 1. The van der Waals surface area contributed by atoms with Gasteiger partial charge in [-0.3, -0.25) is 15.1 Å². The second-order valence-corrected chi connectivity index (χ2v) is 6.31. The van der Waals surface area contributed by atoms with Crippen LogP contribution in [0.4, 0.5) is 5.13 Å².